The fraction of sp³-hybridized carbons (Fsp3) is 0.172. The number of thiazole rings is 1. The van der Waals surface area contributed by atoms with Gasteiger partial charge in [-0.3, -0.25) is 14.4 Å². The predicted octanol–water partition coefficient (Wildman–Crippen LogP) is 4.37. The van der Waals surface area contributed by atoms with Gasteiger partial charge < -0.3 is 10.2 Å². The van der Waals surface area contributed by atoms with Gasteiger partial charge in [-0.25, -0.2) is 9.67 Å². The number of aryl methyl sites for hydroxylation is 2. The molecule has 39 heavy (non-hydrogen) atoms. The quantitative estimate of drug-likeness (QED) is 0.357. The zero-order valence-electron chi connectivity index (χ0n) is 21.3. The highest BCUT2D eigenvalue weighted by Gasteiger charge is 2.26. The van der Waals surface area contributed by atoms with E-state index >= 15 is 0 Å². The van der Waals surface area contributed by atoms with Crippen molar-refractivity contribution in [2.24, 2.45) is 0 Å². The molecule has 0 radical (unpaired) electrons. The van der Waals surface area contributed by atoms with Gasteiger partial charge in [0.1, 0.15) is 12.1 Å². The first-order chi connectivity index (χ1) is 18.9. The first-order valence-corrected chi connectivity index (χ1v) is 13.3. The maximum atomic E-state index is 13.1. The van der Waals surface area contributed by atoms with Gasteiger partial charge >= 0.3 is 0 Å². The lowest BCUT2D eigenvalue weighted by Gasteiger charge is -2.18. The molecule has 0 aliphatic carbocycles. The number of carbonyl (C=O) groups is 2. The van der Waals surface area contributed by atoms with Crippen molar-refractivity contribution in [3.8, 4) is 11.3 Å². The maximum absolute atomic E-state index is 13.1. The molecule has 1 aliphatic heterocycles. The molecular weight excluding hydrogens is 512 g/mol. The van der Waals surface area contributed by atoms with E-state index in [-0.39, 0.29) is 18.0 Å². The second-order valence-corrected chi connectivity index (χ2v) is 10.7. The summed E-state index contributed by atoms with van der Waals surface area (Å²) in [6.07, 6.45) is 0.759. The van der Waals surface area contributed by atoms with Crippen molar-refractivity contribution in [3.05, 3.63) is 98.7 Å². The average Bonchev–Trinajstić information content (AvgIpc) is 3.52. The van der Waals surface area contributed by atoms with Crippen LogP contribution in [0.1, 0.15) is 26.4 Å². The van der Waals surface area contributed by atoms with Gasteiger partial charge in [0, 0.05) is 28.2 Å². The van der Waals surface area contributed by atoms with Gasteiger partial charge in [0.2, 0.25) is 5.91 Å². The molecule has 3 heterocycles. The fourth-order valence-corrected chi connectivity index (χ4v) is 5.69. The van der Waals surface area contributed by atoms with E-state index < -0.39 is 5.91 Å². The Morgan fingerprint density at radius 2 is 1.87 bits per heavy atom. The molecule has 2 amide bonds. The van der Waals surface area contributed by atoms with Crippen LogP contribution in [0.3, 0.4) is 0 Å². The number of benzene rings is 3. The zero-order chi connectivity index (χ0) is 27.1. The van der Waals surface area contributed by atoms with Crippen LogP contribution < -0.4 is 15.8 Å². The highest BCUT2D eigenvalue weighted by atomic mass is 32.1. The Balaban J connectivity index is 1.19. The van der Waals surface area contributed by atoms with Gasteiger partial charge in [-0.1, -0.05) is 41.1 Å². The highest BCUT2D eigenvalue weighted by Crippen LogP contribution is 2.36. The van der Waals surface area contributed by atoms with Crippen molar-refractivity contribution in [2.45, 2.75) is 26.8 Å². The molecular formula is C29H24N6O3S. The molecule has 1 aliphatic rings. The third-order valence-corrected chi connectivity index (χ3v) is 7.61. The molecule has 0 unspecified atom stereocenters. The summed E-state index contributed by atoms with van der Waals surface area (Å²) in [6, 6.07) is 20.5. The minimum Gasteiger partial charge on any atom is -0.308 e. The molecule has 1 N–H and O–H groups in total. The van der Waals surface area contributed by atoms with E-state index in [4.69, 9.17) is 0 Å². The number of amides is 2. The lowest BCUT2D eigenvalue weighted by atomic mass is 10.1. The van der Waals surface area contributed by atoms with Crippen LogP contribution in [0.2, 0.25) is 0 Å². The molecule has 194 valence electrons. The Labute approximate surface area is 227 Å². The molecule has 10 heteroatoms. The van der Waals surface area contributed by atoms with E-state index in [1.807, 2.05) is 55.1 Å². The predicted molar refractivity (Wildman–Crippen MR) is 151 cm³/mol. The minimum absolute atomic E-state index is 0.00440. The largest absolute Gasteiger partial charge is 0.308 e. The van der Waals surface area contributed by atoms with Crippen LogP contribution in [-0.4, -0.2) is 38.3 Å². The molecule has 6 rings (SSSR count). The summed E-state index contributed by atoms with van der Waals surface area (Å²) in [7, 11) is 0. The average molecular weight is 537 g/mol. The van der Waals surface area contributed by atoms with Gasteiger partial charge in [-0.15, -0.1) is 16.4 Å². The third-order valence-electron chi connectivity index (χ3n) is 6.72. The number of aromatic nitrogens is 4. The van der Waals surface area contributed by atoms with Gasteiger partial charge in [-0.2, -0.15) is 0 Å². The Morgan fingerprint density at radius 3 is 2.72 bits per heavy atom. The van der Waals surface area contributed by atoms with Crippen LogP contribution in [0.15, 0.2) is 71.5 Å². The molecule has 2 aromatic heterocycles. The number of rotatable bonds is 5. The number of carbonyl (C=O) groups excluding carboxylic acids is 2. The summed E-state index contributed by atoms with van der Waals surface area (Å²) in [5.74, 6) is -0.420. The van der Waals surface area contributed by atoms with Crippen molar-refractivity contribution in [1.82, 2.24) is 20.0 Å². The van der Waals surface area contributed by atoms with Gasteiger partial charge in [-0.05, 0) is 62.2 Å². The molecule has 5 aromatic rings. The molecule has 0 spiro atoms. The SMILES string of the molecule is Cc1cccc(C(=O)N2CCc3cc(-c4nc(NC(=O)Cn5nnc6ccccc6c5=O)sc4C)ccc32)c1. The Bertz CT molecular complexity index is 1830. The molecule has 0 fully saturated rings. The van der Waals surface area contributed by atoms with Crippen molar-refractivity contribution in [3.63, 3.8) is 0 Å². The zero-order valence-corrected chi connectivity index (χ0v) is 22.2. The number of hydrogen-bond donors (Lipinski definition) is 1. The van der Waals surface area contributed by atoms with Crippen LogP contribution in [0.5, 0.6) is 0 Å². The molecule has 0 saturated heterocycles. The standard InChI is InChI=1S/C29H24N6O3S/c1-17-6-5-7-21(14-17)27(37)34-13-12-19-15-20(10-11-24(19)34)26-18(2)39-29(31-26)30-25(36)16-35-28(38)22-8-3-4-9-23(22)32-33-35/h3-11,14-15H,12-13,16H2,1-2H3,(H,30,31,36). The monoisotopic (exact) mass is 536 g/mol. The fourth-order valence-electron chi connectivity index (χ4n) is 4.83. The van der Waals surface area contributed by atoms with Crippen LogP contribution in [0.25, 0.3) is 22.2 Å². The normalized spacial score (nSPS) is 12.5. The summed E-state index contributed by atoms with van der Waals surface area (Å²) in [5.41, 5.74) is 5.52. The number of nitrogens with one attached hydrogen (secondary N) is 1. The lowest BCUT2D eigenvalue weighted by molar-refractivity contribution is -0.117. The van der Waals surface area contributed by atoms with E-state index in [9.17, 15) is 14.4 Å². The number of anilines is 2. The van der Waals surface area contributed by atoms with Gasteiger partial charge in [0.05, 0.1) is 11.1 Å². The van der Waals surface area contributed by atoms with Crippen LogP contribution in [-0.2, 0) is 17.8 Å². The molecule has 0 saturated carbocycles. The van der Waals surface area contributed by atoms with E-state index in [1.165, 1.54) is 11.3 Å². The van der Waals surface area contributed by atoms with Crippen molar-refractivity contribution >= 4 is 44.9 Å². The summed E-state index contributed by atoms with van der Waals surface area (Å²) in [4.78, 5) is 45.9. The lowest BCUT2D eigenvalue weighted by Crippen LogP contribution is -2.30. The van der Waals surface area contributed by atoms with Crippen molar-refractivity contribution in [1.29, 1.82) is 0 Å². The topological polar surface area (TPSA) is 110 Å². The smallest absolute Gasteiger partial charge is 0.278 e. The number of nitrogens with zero attached hydrogens (tertiary/aromatic N) is 5. The second kappa shape index (κ2) is 9.88. The minimum atomic E-state index is -0.416. The van der Waals surface area contributed by atoms with Crippen LogP contribution in [0.4, 0.5) is 10.8 Å². The van der Waals surface area contributed by atoms with Gasteiger partial charge in [0.15, 0.2) is 5.13 Å². The molecule has 0 bridgehead atoms. The first-order valence-electron chi connectivity index (χ1n) is 12.5. The molecule has 0 atom stereocenters. The highest BCUT2D eigenvalue weighted by molar-refractivity contribution is 7.16. The van der Waals surface area contributed by atoms with Crippen molar-refractivity contribution < 1.29 is 9.59 Å². The third kappa shape index (κ3) is 4.70. The van der Waals surface area contributed by atoms with Crippen LogP contribution in [0, 0.1) is 13.8 Å². The van der Waals surface area contributed by atoms with E-state index in [0.29, 0.717) is 28.1 Å². The Morgan fingerprint density at radius 1 is 1.03 bits per heavy atom. The van der Waals surface area contributed by atoms with Gasteiger partial charge in [0.25, 0.3) is 11.5 Å². The number of hydrogen-bond acceptors (Lipinski definition) is 7. The Kier molecular flexibility index (Phi) is 6.24. The first kappa shape index (κ1) is 24.6. The summed E-state index contributed by atoms with van der Waals surface area (Å²) in [5, 5.41) is 11.5. The van der Waals surface area contributed by atoms with Crippen molar-refractivity contribution in [2.75, 3.05) is 16.8 Å². The number of fused-ring (bicyclic) bond motifs is 2. The Hall–Kier alpha value is -4.70. The van der Waals surface area contributed by atoms with E-state index in [0.717, 1.165) is 44.1 Å². The summed E-state index contributed by atoms with van der Waals surface area (Å²) < 4.78 is 1.04. The van der Waals surface area contributed by atoms with E-state index in [1.54, 1.807) is 24.3 Å². The molecule has 3 aromatic carbocycles. The second-order valence-electron chi connectivity index (χ2n) is 9.46. The molecule has 9 nitrogen and oxygen atoms in total. The summed E-state index contributed by atoms with van der Waals surface area (Å²) in [6.45, 7) is 4.28. The summed E-state index contributed by atoms with van der Waals surface area (Å²) >= 11 is 1.36. The van der Waals surface area contributed by atoms with Crippen LogP contribution >= 0.6 is 11.3 Å². The maximum Gasteiger partial charge on any atom is 0.278 e. The van der Waals surface area contributed by atoms with E-state index in [2.05, 4.69) is 26.7 Å².